The monoisotopic (exact) mass is 549 g/mol. The summed E-state index contributed by atoms with van der Waals surface area (Å²) in [5.74, 6) is -0.270. The summed E-state index contributed by atoms with van der Waals surface area (Å²) in [6.07, 6.45) is 6.70. The molecule has 0 spiro atoms. The summed E-state index contributed by atoms with van der Waals surface area (Å²) >= 11 is 0. The molecule has 1 atom stereocenters. The van der Waals surface area contributed by atoms with Crippen LogP contribution in [0.5, 0.6) is 0 Å². The Kier molecular flexibility index (Phi) is 9.13. The van der Waals surface area contributed by atoms with Gasteiger partial charge in [0.05, 0.1) is 12.6 Å². The van der Waals surface area contributed by atoms with Gasteiger partial charge in [-0.2, -0.15) is 0 Å². The number of amides is 3. The standard InChI is InChI=1S/C31H43N5O4/c1-30(2,12-9-28(39)33-17-29(40)36-14-11-22(37)18-36)19-31(3,4)20-34-27(38)8-6-21-5-7-23-24-16-32-13-10-25(24)35-26(23)15-21/h5,7,10,13,15-16,22,35,37H,6,8-9,11-12,14,17-20H2,1-4H3,(H,33,39)(H,34,38)/t22-/m1/s1. The molecule has 2 aromatic heterocycles. The van der Waals surface area contributed by atoms with Crippen molar-refractivity contribution in [1.29, 1.82) is 0 Å². The average molecular weight is 550 g/mol. The maximum absolute atomic E-state index is 12.7. The van der Waals surface area contributed by atoms with Crippen LogP contribution in [0.2, 0.25) is 0 Å². The van der Waals surface area contributed by atoms with Crippen LogP contribution >= 0.6 is 0 Å². The molecule has 4 rings (SSSR count). The number of rotatable bonds is 12. The maximum Gasteiger partial charge on any atom is 0.242 e. The number of fused-ring (bicyclic) bond motifs is 3. The molecule has 0 bridgehead atoms. The van der Waals surface area contributed by atoms with E-state index in [1.165, 1.54) is 0 Å². The van der Waals surface area contributed by atoms with Gasteiger partial charge >= 0.3 is 0 Å². The van der Waals surface area contributed by atoms with Gasteiger partial charge in [-0.15, -0.1) is 0 Å². The van der Waals surface area contributed by atoms with Crippen molar-refractivity contribution in [2.24, 2.45) is 10.8 Å². The quantitative estimate of drug-likeness (QED) is 0.274. The van der Waals surface area contributed by atoms with Gasteiger partial charge in [-0.1, -0.05) is 39.8 Å². The predicted octanol–water partition coefficient (Wildman–Crippen LogP) is 3.70. The molecule has 3 amide bonds. The Balaban J connectivity index is 1.17. The Bertz CT molecular complexity index is 1360. The van der Waals surface area contributed by atoms with Gasteiger partial charge in [0.25, 0.3) is 0 Å². The molecule has 40 heavy (non-hydrogen) atoms. The van der Waals surface area contributed by atoms with E-state index in [1.807, 2.05) is 12.3 Å². The van der Waals surface area contributed by atoms with Crippen molar-refractivity contribution < 1.29 is 19.5 Å². The summed E-state index contributed by atoms with van der Waals surface area (Å²) < 4.78 is 0. The first-order valence-electron chi connectivity index (χ1n) is 14.2. The molecule has 0 aliphatic carbocycles. The minimum atomic E-state index is -0.465. The molecule has 1 aliphatic rings. The number of β-amino-alcohol motifs (C(OH)–C–C–N with tert-alkyl or cyclic N) is 1. The molecule has 0 radical (unpaired) electrons. The van der Waals surface area contributed by atoms with Crippen molar-refractivity contribution in [2.45, 2.75) is 72.3 Å². The van der Waals surface area contributed by atoms with Gasteiger partial charge in [0.1, 0.15) is 0 Å². The number of benzene rings is 1. The van der Waals surface area contributed by atoms with E-state index >= 15 is 0 Å². The molecule has 1 saturated heterocycles. The second kappa shape index (κ2) is 12.4. The highest BCUT2D eigenvalue weighted by Crippen LogP contribution is 2.36. The Morgan fingerprint density at radius 2 is 1.80 bits per heavy atom. The minimum Gasteiger partial charge on any atom is -0.391 e. The fourth-order valence-corrected chi connectivity index (χ4v) is 5.87. The number of carbonyl (C=O) groups excluding carboxylic acids is 3. The molecular weight excluding hydrogens is 506 g/mol. The van der Waals surface area contributed by atoms with E-state index in [0.717, 1.165) is 33.8 Å². The second-order valence-corrected chi connectivity index (χ2v) is 12.8. The van der Waals surface area contributed by atoms with Crippen LogP contribution in [0.3, 0.4) is 0 Å². The lowest BCUT2D eigenvalue weighted by molar-refractivity contribution is -0.132. The lowest BCUT2D eigenvalue weighted by atomic mass is 9.72. The number of likely N-dealkylation sites (tertiary alicyclic amines) is 1. The number of aryl methyl sites for hydroxylation is 1. The van der Waals surface area contributed by atoms with Crippen LogP contribution in [0.1, 0.15) is 65.4 Å². The zero-order valence-corrected chi connectivity index (χ0v) is 24.2. The molecule has 3 aromatic rings. The second-order valence-electron chi connectivity index (χ2n) is 12.8. The lowest BCUT2D eigenvalue weighted by Gasteiger charge is -2.35. The molecule has 1 aromatic carbocycles. The molecule has 0 saturated carbocycles. The first-order chi connectivity index (χ1) is 18.9. The normalized spacial score (nSPS) is 16.0. The number of nitrogens with one attached hydrogen (secondary N) is 3. The fourth-order valence-electron chi connectivity index (χ4n) is 5.87. The van der Waals surface area contributed by atoms with E-state index in [4.69, 9.17) is 0 Å². The molecule has 3 heterocycles. The van der Waals surface area contributed by atoms with Crippen molar-refractivity contribution in [3.63, 3.8) is 0 Å². The van der Waals surface area contributed by atoms with E-state index < -0.39 is 6.10 Å². The lowest BCUT2D eigenvalue weighted by Crippen LogP contribution is -2.40. The van der Waals surface area contributed by atoms with Crippen molar-refractivity contribution in [3.8, 4) is 0 Å². The van der Waals surface area contributed by atoms with Crippen LogP contribution in [-0.2, 0) is 20.8 Å². The van der Waals surface area contributed by atoms with E-state index in [9.17, 15) is 19.5 Å². The third-order valence-corrected chi connectivity index (χ3v) is 7.81. The highest BCUT2D eigenvalue weighted by atomic mass is 16.3. The summed E-state index contributed by atoms with van der Waals surface area (Å²) in [5.41, 5.74) is 2.97. The zero-order chi connectivity index (χ0) is 28.9. The predicted molar refractivity (Wildman–Crippen MR) is 157 cm³/mol. The fraction of sp³-hybridized carbons (Fsp3) is 0.548. The van der Waals surface area contributed by atoms with Gasteiger partial charge in [0.2, 0.25) is 17.7 Å². The molecular formula is C31H43N5O4. The van der Waals surface area contributed by atoms with Gasteiger partial charge < -0.3 is 25.6 Å². The van der Waals surface area contributed by atoms with Gasteiger partial charge in [-0.25, -0.2) is 0 Å². The zero-order valence-electron chi connectivity index (χ0n) is 24.2. The van der Waals surface area contributed by atoms with Crippen LogP contribution in [0.4, 0.5) is 0 Å². The number of pyridine rings is 1. The number of H-pyrrole nitrogens is 1. The van der Waals surface area contributed by atoms with Crippen LogP contribution in [0, 0.1) is 10.8 Å². The molecule has 216 valence electrons. The molecule has 0 unspecified atom stereocenters. The summed E-state index contributed by atoms with van der Waals surface area (Å²) in [6.45, 7) is 9.95. The van der Waals surface area contributed by atoms with Gasteiger partial charge in [-0.05, 0) is 54.2 Å². The Morgan fingerprint density at radius 1 is 1.02 bits per heavy atom. The van der Waals surface area contributed by atoms with E-state index in [2.05, 4.69) is 66.5 Å². The summed E-state index contributed by atoms with van der Waals surface area (Å²) in [5, 5.41) is 17.6. The van der Waals surface area contributed by atoms with Crippen LogP contribution < -0.4 is 10.6 Å². The maximum atomic E-state index is 12.7. The SMILES string of the molecule is CC(C)(CCC(=O)NCC(=O)N1CC[C@@H](O)C1)CC(C)(C)CNC(=O)CCc1ccc2c(c1)[nH]c1ccncc12. The molecule has 1 fully saturated rings. The third kappa shape index (κ3) is 8.03. The van der Waals surface area contributed by atoms with Crippen molar-refractivity contribution in [2.75, 3.05) is 26.2 Å². The third-order valence-electron chi connectivity index (χ3n) is 7.81. The van der Waals surface area contributed by atoms with Gasteiger partial charge in [-0.3, -0.25) is 19.4 Å². The molecule has 9 heteroatoms. The first kappa shape index (κ1) is 29.5. The summed E-state index contributed by atoms with van der Waals surface area (Å²) in [6, 6.07) is 8.24. The topological polar surface area (TPSA) is 127 Å². The largest absolute Gasteiger partial charge is 0.391 e. The molecule has 1 aliphatic heterocycles. The number of aliphatic hydroxyl groups is 1. The van der Waals surface area contributed by atoms with E-state index in [1.54, 1.807) is 11.1 Å². The van der Waals surface area contributed by atoms with E-state index in [-0.39, 0.29) is 35.1 Å². The average Bonchev–Trinajstić information content (AvgIpc) is 3.50. The van der Waals surface area contributed by atoms with E-state index in [0.29, 0.717) is 51.7 Å². The Labute approximate surface area is 236 Å². The Morgan fingerprint density at radius 3 is 2.55 bits per heavy atom. The summed E-state index contributed by atoms with van der Waals surface area (Å²) in [4.78, 5) is 46.4. The number of hydrogen-bond acceptors (Lipinski definition) is 5. The first-order valence-corrected chi connectivity index (χ1v) is 14.2. The summed E-state index contributed by atoms with van der Waals surface area (Å²) in [7, 11) is 0. The smallest absolute Gasteiger partial charge is 0.242 e. The van der Waals surface area contributed by atoms with Gasteiger partial charge in [0.15, 0.2) is 0 Å². The van der Waals surface area contributed by atoms with Crippen molar-refractivity contribution >= 4 is 39.5 Å². The van der Waals surface area contributed by atoms with Gasteiger partial charge in [0, 0.05) is 66.7 Å². The van der Waals surface area contributed by atoms with Crippen molar-refractivity contribution in [3.05, 3.63) is 42.2 Å². The molecule has 9 nitrogen and oxygen atoms in total. The number of aromatic nitrogens is 2. The van der Waals surface area contributed by atoms with Crippen molar-refractivity contribution in [1.82, 2.24) is 25.5 Å². The number of hydrogen-bond donors (Lipinski definition) is 4. The Hall–Kier alpha value is -3.46. The van der Waals surface area contributed by atoms with Crippen LogP contribution in [0.15, 0.2) is 36.7 Å². The number of aliphatic hydroxyl groups excluding tert-OH is 1. The highest BCUT2D eigenvalue weighted by Gasteiger charge is 2.30. The number of carbonyl (C=O) groups is 3. The highest BCUT2D eigenvalue weighted by molar-refractivity contribution is 6.06. The van der Waals surface area contributed by atoms with Crippen LogP contribution in [0.25, 0.3) is 21.8 Å². The number of nitrogens with zero attached hydrogens (tertiary/aromatic N) is 2. The molecule has 4 N–H and O–H groups in total. The minimum absolute atomic E-state index is 0.0291. The number of aromatic amines is 1. The van der Waals surface area contributed by atoms with Crippen LogP contribution in [-0.4, -0.2) is 70.0 Å².